The van der Waals surface area contributed by atoms with Gasteiger partial charge in [0.05, 0.1) is 18.7 Å². The lowest BCUT2D eigenvalue weighted by atomic mass is 10.0. The van der Waals surface area contributed by atoms with Gasteiger partial charge in [0.25, 0.3) is 0 Å². The highest BCUT2D eigenvalue weighted by Gasteiger charge is 2.24. The fourth-order valence-electron chi connectivity index (χ4n) is 2.42. The molecule has 0 fully saturated rings. The number of rotatable bonds is 6. The Morgan fingerprint density at radius 2 is 1.87 bits per heavy atom. The highest BCUT2D eigenvalue weighted by molar-refractivity contribution is 5.70. The van der Waals surface area contributed by atoms with E-state index >= 15 is 0 Å². The van der Waals surface area contributed by atoms with Gasteiger partial charge in [-0.1, -0.05) is 30.3 Å². The van der Waals surface area contributed by atoms with Crippen LogP contribution >= 0.6 is 0 Å². The molecular formula is C19H25NO3. The van der Waals surface area contributed by atoms with Crippen LogP contribution < -0.4 is 5.32 Å². The summed E-state index contributed by atoms with van der Waals surface area (Å²) in [6.07, 6.45) is 1.84. The van der Waals surface area contributed by atoms with Crippen LogP contribution in [0.25, 0.3) is 0 Å². The van der Waals surface area contributed by atoms with Crippen molar-refractivity contribution in [2.24, 2.45) is 0 Å². The minimum Gasteiger partial charge on any atom is -0.468 e. The van der Waals surface area contributed by atoms with Crippen LogP contribution in [0.1, 0.15) is 57.5 Å². The lowest BCUT2D eigenvalue weighted by Gasteiger charge is -2.24. The molecule has 23 heavy (non-hydrogen) atoms. The van der Waals surface area contributed by atoms with Crippen molar-refractivity contribution in [2.75, 3.05) is 0 Å². The second kappa shape index (κ2) is 7.47. The van der Waals surface area contributed by atoms with E-state index in [2.05, 4.69) is 24.4 Å². The molecule has 0 aliphatic rings. The summed E-state index contributed by atoms with van der Waals surface area (Å²) in [6, 6.07) is 13.7. The molecule has 4 heteroatoms. The van der Waals surface area contributed by atoms with Gasteiger partial charge in [-0.3, -0.25) is 4.79 Å². The predicted molar refractivity (Wildman–Crippen MR) is 89.9 cm³/mol. The second-order valence-electron chi connectivity index (χ2n) is 6.66. The van der Waals surface area contributed by atoms with E-state index < -0.39 is 5.60 Å². The normalized spacial score (nSPS) is 14.3. The van der Waals surface area contributed by atoms with Gasteiger partial charge >= 0.3 is 5.97 Å². The zero-order chi connectivity index (χ0) is 16.9. The summed E-state index contributed by atoms with van der Waals surface area (Å²) < 4.78 is 10.9. The Labute approximate surface area is 137 Å². The molecule has 2 rings (SSSR count). The van der Waals surface area contributed by atoms with Crippen molar-refractivity contribution in [1.29, 1.82) is 0 Å². The highest BCUT2D eigenvalue weighted by atomic mass is 16.6. The SMILES string of the molecule is CC(N[C@H](CC(=O)OC(C)(C)C)c1ccco1)c1ccccc1. The average molecular weight is 315 g/mol. The summed E-state index contributed by atoms with van der Waals surface area (Å²) in [7, 11) is 0. The topological polar surface area (TPSA) is 51.5 Å². The van der Waals surface area contributed by atoms with Crippen LogP contribution in [-0.2, 0) is 9.53 Å². The molecule has 0 spiro atoms. The van der Waals surface area contributed by atoms with Gasteiger partial charge in [-0.05, 0) is 45.4 Å². The number of carbonyl (C=O) groups excluding carboxylic acids is 1. The third-order valence-corrected chi connectivity index (χ3v) is 3.43. The maximum absolute atomic E-state index is 12.2. The molecule has 1 aromatic carbocycles. The largest absolute Gasteiger partial charge is 0.468 e. The Kier molecular flexibility index (Phi) is 5.61. The molecule has 2 aromatic rings. The highest BCUT2D eigenvalue weighted by Crippen LogP contribution is 2.24. The molecule has 1 heterocycles. The van der Waals surface area contributed by atoms with Crippen LogP contribution in [0.15, 0.2) is 53.1 Å². The Morgan fingerprint density at radius 1 is 1.17 bits per heavy atom. The number of ether oxygens (including phenoxy) is 1. The van der Waals surface area contributed by atoms with E-state index in [1.54, 1.807) is 6.26 Å². The quantitative estimate of drug-likeness (QED) is 0.803. The van der Waals surface area contributed by atoms with E-state index in [1.165, 1.54) is 0 Å². The van der Waals surface area contributed by atoms with Crippen LogP contribution in [0.4, 0.5) is 0 Å². The Balaban J connectivity index is 2.08. The lowest BCUT2D eigenvalue weighted by molar-refractivity contribution is -0.155. The minimum absolute atomic E-state index is 0.0914. The van der Waals surface area contributed by atoms with Crippen LogP contribution in [0, 0.1) is 0 Å². The summed E-state index contributed by atoms with van der Waals surface area (Å²) in [4.78, 5) is 12.2. The molecule has 0 aliphatic heterocycles. The van der Waals surface area contributed by atoms with Crippen LogP contribution in [0.2, 0.25) is 0 Å². The molecule has 0 amide bonds. The molecule has 0 radical (unpaired) electrons. The molecule has 0 saturated carbocycles. The number of nitrogens with one attached hydrogen (secondary N) is 1. The maximum Gasteiger partial charge on any atom is 0.308 e. The van der Waals surface area contributed by atoms with E-state index in [9.17, 15) is 4.79 Å². The van der Waals surface area contributed by atoms with Crippen molar-refractivity contribution in [3.05, 3.63) is 60.1 Å². The molecule has 124 valence electrons. The van der Waals surface area contributed by atoms with Crippen molar-refractivity contribution in [3.63, 3.8) is 0 Å². The van der Waals surface area contributed by atoms with Crippen LogP contribution in [-0.4, -0.2) is 11.6 Å². The fraction of sp³-hybridized carbons (Fsp3) is 0.421. The first-order chi connectivity index (χ1) is 10.8. The molecular weight excluding hydrogens is 290 g/mol. The molecule has 1 aromatic heterocycles. The Bertz CT molecular complexity index is 599. The second-order valence-corrected chi connectivity index (χ2v) is 6.66. The van der Waals surface area contributed by atoms with Crippen molar-refractivity contribution < 1.29 is 13.9 Å². The Morgan fingerprint density at radius 3 is 2.43 bits per heavy atom. The summed E-state index contributed by atoms with van der Waals surface area (Å²) in [5.74, 6) is 0.491. The van der Waals surface area contributed by atoms with Crippen molar-refractivity contribution >= 4 is 5.97 Å². The van der Waals surface area contributed by atoms with E-state index in [0.29, 0.717) is 0 Å². The number of hydrogen-bond acceptors (Lipinski definition) is 4. The van der Waals surface area contributed by atoms with Crippen LogP contribution in [0.5, 0.6) is 0 Å². The van der Waals surface area contributed by atoms with Crippen molar-refractivity contribution in [3.8, 4) is 0 Å². The molecule has 4 nitrogen and oxygen atoms in total. The van der Waals surface area contributed by atoms with Gasteiger partial charge in [-0.25, -0.2) is 0 Å². The molecule has 1 unspecified atom stereocenters. The van der Waals surface area contributed by atoms with Gasteiger partial charge in [0.2, 0.25) is 0 Å². The first kappa shape index (κ1) is 17.3. The number of hydrogen-bond donors (Lipinski definition) is 1. The molecule has 1 N–H and O–H groups in total. The first-order valence-electron chi connectivity index (χ1n) is 7.91. The van der Waals surface area contributed by atoms with Gasteiger partial charge in [0.1, 0.15) is 11.4 Å². The zero-order valence-electron chi connectivity index (χ0n) is 14.2. The third kappa shape index (κ3) is 5.57. The van der Waals surface area contributed by atoms with E-state index in [0.717, 1.165) is 11.3 Å². The van der Waals surface area contributed by atoms with Gasteiger partial charge in [0.15, 0.2) is 0 Å². The smallest absolute Gasteiger partial charge is 0.308 e. The molecule has 2 atom stereocenters. The first-order valence-corrected chi connectivity index (χ1v) is 7.91. The van der Waals surface area contributed by atoms with Crippen molar-refractivity contribution in [2.45, 2.75) is 51.8 Å². The van der Waals surface area contributed by atoms with E-state index in [1.807, 2.05) is 51.1 Å². The molecule has 0 saturated heterocycles. The number of carbonyl (C=O) groups is 1. The van der Waals surface area contributed by atoms with Gasteiger partial charge in [-0.2, -0.15) is 0 Å². The lowest BCUT2D eigenvalue weighted by Crippen LogP contribution is -2.30. The number of benzene rings is 1. The Hall–Kier alpha value is -2.07. The van der Waals surface area contributed by atoms with Crippen molar-refractivity contribution in [1.82, 2.24) is 5.32 Å². The third-order valence-electron chi connectivity index (χ3n) is 3.43. The average Bonchev–Trinajstić information content (AvgIpc) is 2.99. The minimum atomic E-state index is -0.490. The summed E-state index contributed by atoms with van der Waals surface area (Å²) >= 11 is 0. The predicted octanol–water partition coefficient (Wildman–Crippen LogP) is 4.40. The fourth-order valence-corrected chi connectivity index (χ4v) is 2.42. The van der Waals surface area contributed by atoms with Gasteiger partial charge < -0.3 is 14.5 Å². The molecule has 0 bridgehead atoms. The monoisotopic (exact) mass is 315 g/mol. The summed E-state index contributed by atoms with van der Waals surface area (Å²) in [5.41, 5.74) is 0.670. The number of furan rings is 1. The standard InChI is InChI=1S/C19H25NO3/c1-14(15-9-6-5-7-10-15)20-16(17-11-8-12-22-17)13-18(21)23-19(2,3)4/h5-12,14,16,20H,13H2,1-4H3/t14?,16-/m1/s1. The summed E-state index contributed by atoms with van der Waals surface area (Å²) in [6.45, 7) is 7.67. The van der Waals surface area contributed by atoms with Gasteiger partial charge in [-0.15, -0.1) is 0 Å². The van der Waals surface area contributed by atoms with E-state index in [-0.39, 0.29) is 24.5 Å². The van der Waals surface area contributed by atoms with Crippen LogP contribution in [0.3, 0.4) is 0 Å². The maximum atomic E-state index is 12.2. The summed E-state index contributed by atoms with van der Waals surface area (Å²) in [5, 5.41) is 3.46. The van der Waals surface area contributed by atoms with Gasteiger partial charge in [0, 0.05) is 6.04 Å². The number of esters is 1. The zero-order valence-corrected chi connectivity index (χ0v) is 14.2. The molecule has 0 aliphatic carbocycles. The van der Waals surface area contributed by atoms with E-state index in [4.69, 9.17) is 9.15 Å².